The van der Waals surface area contributed by atoms with Crippen molar-refractivity contribution in [3.05, 3.63) is 64.7 Å². The Kier molecular flexibility index (Phi) is 8.89. The Hall–Kier alpha value is -3.48. The molecular weight excluding hydrogens is 490 g/mol. The molecule has 0 spiro atoms. The van der Waals surface area contributed by atoms with Gasteiger partial charge in [0.2, 0.25) is 5.91 Å². The highest BCUT2D eigenvalue weighted by Crippen LogP contribution is 2.39. The summed E-state index contributed by atoms with van der Waals surface area (Å²) < 4.78 is -0.608. The van der Waals surface area contributed by atoms with Crippen molar-refractivity contribution in [1.29, 1.82) is 0 Å². The van der Waals surface area contributed by atoms with Crippen molar-refractivity contribution in [2.24, 2.45) is 0 Å². The number of hydrogen-bond acceptors (Lipinski definition) is 6. The lowest BCUT2D eigenvalue weighted by Gasteiger charge is -2.33. The third-order valence-corrected chi connectivity index (χ3v) is 7.94. The number of aromatic hydroxyl groups is 1. The predicted octanol–water partition coefficient (Wildman–Crippen LogP) is 2.14. The number of terminal acetylenes is 1. The van der Waals surface area contributed by atoms with Crippen LogP contribution in [0.5, 0.6) is 5.75 Å². The molecule has 0 unspecified atom stereocenters. The van der Waals surface area contributed by atoms with Crippen molar-refractivity contribution in [3.63, 3.8) is 0 Å². The van der Waals surface area contributed by atoms with E-state index in [4.69, 9.17) is 6.42 Å². The van der Waals surface area contributed by atoms with Crippen LogP contribution >= 0.6 is 11.8 Å². The first-order valence-corrected chi connectivity index (χ1v) is 12.9. The smallest absolute Gasteiger partial charge is 0.254 e. The number of aryl methyl sites for hydroxylation is 1. The Bertz CT molecular complexity index is 1210. The van der Waals surface area contributed by atoms with Crippen molar-refractivity contribution in [2.45, 2.75) is 57.1 Å². The first-order chi connectivity index (χ1) is 17.5. The minimum absolute atomic E-state index is 0.0148. The number of rotatable bonds is 8. The van der Waals surface area contributed by atoms with E-state index in [-0.39, 0.29) is 30.2 Å². The van der Waals surface area contributed by atoms with Crippen LogP contribution in [-0.2, 0) is 16.0 Å². The molecule has 196 valence electrons. The second-order valence-corrected chi connectivity index (χ2v) is 11.2. The maximum atomic E-state index is 13.6. The normalized spacial score (nSPS) is 17.9. The first-order valence-electron chi connectivity index (χ1n) is 12.0. The minimum Gasteiger partial charge on any atom is -0.507 e. The molecule has 1 aliphatic rings. The van der Waals surface area contributed by atoms with Crippen LogP contribution in [0.3, 0.4) is 0 Å². The van der Waals surface area contributed by atoms with Gasteiger partial charge in [-0.25, -0.2) is 0 Å². The van der Waals surface area contributed by atoms with Crippen LogP contribution in [-0.4, -0.2) is 68.2 Å². The Morgan fingerprint density at radius 1 is 1.19 bits per heavy atom. The Morgan fingerprint density at radius 2 is 1.86 bits per heavy atom. The highest BCUT2D eigenvalue weighted by molar-refractivity contribution is 8.00. The Morgan fingerprint density at radius 3 is 2.51 bits per heavy atom. The van der Waals surface area contributed by atoms with E-state index in [1.165, 1.54) is 16.7 Å². The topological polar surface area (TPSA) is 119 Å². The van der Waals surface area contributed by atoms with Crippen LogP contribution < -0.4 is 10.6 Å². The number of carbonyl (C=O) groups is 3. The predicted molar refractivity (Wildman–Crippen MR) is 144 cm³/mol. The highest BCUT2D eigenvalue weighted by atomic mass is 32.2. The summed E-state index contributed by atoms with van der Waals surface area (Å²) >= 11 is 1.42. The quantitative estimate of drug-likeness (QED) is 0.394. The van der Waals surface area contributed by atoms with Gasteiger partial charge in [0.15, 0.2) is 6.10 Å². The molecule has 2 aromatic carbocycles. The number of nitrogens with zero attached hydrogens (tertiary/aromatic N) is 1. The second-order valence-electron chi connectivity index (χ2n) is 9.63. The van der Waals surface area contributed by atoms with Gasteiger partial charge in [0.1, 0.15) is 11.8 Å². The molecular formula is C28H33N3O5S. The number of carbonyl (C=O) groups excluding carboxylic acids is 3. The molecule has 1 saturated heterocycles. The summed E-state index contributed by atoms with van der Waals surface area (Å²) in [5.74, 6) is 0.980. The third kappa shape index (κ3) is 6.27. The van der Waals surface area contributed by atoms with E-state index >= 15 is 0 Å². The zero-order chi connectivity index (χ0) is 27.3. The van der Waals surface area contributed by atoms with Crippen LogP contribution in [0.4, 0.5) is 0 Å². The number of phenols is 1. The SMILES string of the molecule is C#CCNC(=O)[C@H]1N(C(=O)[C@@H](O)[C@H](Cc2ccccc2)NC(=O)c2ccc(C)c(O)c2C)CSC1(C)C. The Balaban J connectivity index is 1.89. The molecule has 8 nitrogen and oxygen atoms in total. The molecule has 0 aliphatic carbocycles. The lowest BCUT2D eigenvalue weighted by Crippen LogP contribution is -2.58. The summed E-state index contributed by atoms with van der Waals surface area (Å²) in [4.78, 5) is 41.0. The molecule has 1 aliphatic heterocycles. The summed E-state index contributed by atoms with van der Waals surface area (Å²) in [6, 6.07) is 10.6. The molecule has 9 heteroatoms. The van der Waals surface area contributed by atoms with Gasteiger partial charge in [-0.1, -0.05) is 42.3 Å². The van der Waals surface area contributed by atoms with Gasteiger partial charge >= 0.3 is 0 Å². The summed E-state index contributed by atoms with van der Waals surface area (Å²) in [6.45, 7) is 7.10. The third-order valence-electron chi connectivity index (χ3n) is 6.57. The summed E-state index contributed by atoms with van der Waals surface area (Å²) in [5.41, 5.74) is 2.08. The number of nitrogens with one attached hydrogen (secondary N) is 2. The molecule has 0 aromatic heterocycles. The molecule has 37 heavy (non-hydrogen) atoms. The van der Waals surface area contributed by atoms with E-state index in [9.17, 15) is 24.6 Å². The van der Waals surface area contributed by atoms with Crippen molar-refractivity contribution in [1.82, 2.24) is 15.5 Å². The summed E-state index contributed by atoms with van der Waals surface area (Å²) in [6.07, 6.45) is 3.83. The van der Waals surface area contributed by atoms with Gasteiger partial charge in [0, 0.05) is 15.9 Å². The standard InChI is InChI=1S/C28H33N3O5S/c1-6-14-29-26(35)24-28(4,5)37-16-31(24)27(36)23(33)21(15-19-10-8-7-9-11-19)30-25(34)20-13-12-17(2)22(32)18(20)3/h1,7-13,21,23-24,32-33H,14-16H2,2-5H3,(H,29,35)(H,30,34)/t21-,23-,24+/m0/s1. The molecule has 3 amide bonds. The molecule has 2 aromatic rings. The molecule has 3 atom stereocenters. The fourth-order valence-corrected chi connectivity index (χ4v) is 5.57. The zero-order valence-electron chi connectivity index (χ0n) is 21.4. The van der Waals surface area contributed by atoms with E-state index in [1.807, 2.05) is 44.2 Å². The molecule has 0 radical (unpaired) electrons. The monoisotopic (exact) mass is 523 g/mol. The molecule has 0 saturated carbocycles. The average Bonchev–Trinajstić information content (AvgIpc) is 3.19. The van der Waals surface area contributed by atoms with Crippen LogP contribution in [0, 0.1) is 26.2 Å². The van der Waals surface area contributed by atoms with Crippen LogP contribution in [0.15, 0.2) is 42.5 Å². The largest absolute Gasteiger partial charge is 0.507 e. The van der Waals surface area contributed by atoms with E-state index in [0.29, 0.717) is 11.1 Å². The van der Waals surface area contributed by atoms with Crippen molar-refractivity contribution >= 4 is 29.5 Å². The number of thioether (sulfide) groups is 1. The van der Waals surface area contributed by atoms with E-state index in [0.717, 1.165) is 5.56 Å². The highest BCUT2D eigenvalue weighted by Gasteiger charge is 2.49. The maximum absolute atomic E-state index is 13.6. The molecule has 4 N–H and O–H groups in total. The summed E-state index contributed by atoms with van der Waals surface area (Å²) in [7, 11) is 0. The van der Waals surface area contributed by atoms with Gasteiger partial charge < -0.3 is 25.7 Å². The Labute approximate surface area is 221 Å². The molecule has 3 rings (SSSR count). The van der Waals surface area contributed by atoms with Crippen LogP contribution in [0.1, 0.15) is 40.9 Å². The van der Waals surface area contributed by atoms with Gasteiger partial charge in [-0.2, -0.15) is 0 Å². The van der Waals surface area contributed by atoms with E-state index in [2.05, 4.69) is 16.6 Å². The number of amides is 3. The fourth-order valence-electron chi connectivity index (χ4n) is 4.43. The second kappa shape index (κ2) is 11.7. The number of aliphatic hydroxyl groups excluding tert-OH is 1. The fraction of sp³-hybridized carbons (Fsp3) is 0.393. The maximum Gasteiger partial charge on any atom is 0.254 e. The summed E-state index contributed by atoms with van der Waals surface area (Å²) in [5, 5.41) is 27.0. The number of benzene rings is 2. The van der Waals surface area contributed by atoms with Crippen molar-refractivity contribution in [3.8, 4) is 18.1 Å². The van der Waals surface area contributed by atoms with Crippen LogP contribution in [0.2, 0.25) is 0 Å². The molecule has 1 fully saturated rings. The van der Waals surface area contributed by atoms with Gasteiger partial charge in [0.25, 0.3) is 11.8 Å². The molecule has 0 bridgehead atoms. The zero-order valence-corrected chi connectivity index (χ0v) is 22.3. The number of phenolic OH excluding ortho intramolecular Hbond substituents is 1. The number of aliphatic hydroxyl groups is 1. The van der Waals surface area contributed by atoms with Gasteiger partial charge in [-0.05, 0) is 51.3 Å². The van der Waals surface area contributed by atoms with E-state index in [1.54, 1.807) is 26.0 Å². The lowest BCUT2D eigenvalue weighted by atomic mass is 9.96. The van der Waals surface area contributed by atoms with Crippen molar-refractivity contribution < 1.29 is 24.6 Å². The van der Waals surface area contributed by atoms with Gasteiger partial charge in [-0.3, -0.25) is 14.4 Å². The minimum atomic E-state index is -1.62. The molecule has 1 heterocycles. The van der Waals surface area contributed by atoms with Crippen molar-refractivity contribution in [2.75, 3.05) is 12.4 Å². The van der Waals surface area contributed by atoms with Gasteiger partial charge in [0.05, 0.1) is 18.5 Å². The van der Waals surface area contributed by atoms with E-state index < -0.39 is 40.7 Å². The lowest BCUT2D eigenvalue weighted by molar-refractivity contribution is -0.147. The first kappa shape index (κ1) is 28.1. The van der Waals surface area contributed by atoms with Gasteiger partial charge in [-0.15, -0.1) is 18.2 Å². The average molecular weight is 524 g/mol. The van der Waals surface area contributed by atoms with Crippen LogP contribution in [0.25, 0.3) is 0 Å². The number of hydrogen-bond donors (Lipinski definition) is 4.